The van der Waals surface area contributed by atoms with Crippen LogP contribution in [0.5, 0.6) is 0 Å². The molecule has 0 amide bonds. The van der Waals surface area contributed by atoms with Crippen molar-refractivity contribution in [1.29, 1.82) is 0 Å². The lowest BCUT2D eigenvalue weighted by Gasteiger charge is -1.95. The Kier molecular flexibility index (Phi) is 1.75. The molecule has 1 aliphatic rings. The highest BCUT2D eigenvalue weighted by molar-refractivity contribution is 8.54. The maximum Gasteiger partial charge on any atom is 0.114 e. The molecule has 0 fully saturated rings. The van der Waals surface area contributed by atoms with Crippen molar-refractivity contribution in [2.45, 2.75) is 0 Å². The van der Waals surface area contributed by atoms with E-state index in [2.05, 4.69) is 5.92 Å². The summed E-state index contributed by atoms with van der Waals surface area (Å²) in [6, 6.07) is 0. The Balaban J connectivity index is 2.87. The first kappa shape index (κ1) is 7.00. The third-order valence-electron chi connectivity index (χ3n) is 0.855. The van der Waals surface area contributed by atoms with Crippen LogP contribution >= 0.6 is 0 Å². The van der Waals surface area contributed by atoms with Crippen molar-refractivity contribution in [3.05, 3.63) is 11.8 Å². The highest BCUT2D eigenvalue weighted by Gasteiger charge is 2.11. The second-order valence-corrected chi connectivity index (χ2v) is 7.05. The number of hydrogen-bond acceptors (Lipinski definition) is 3. The number of hydrogen-bond donors (Lipinski definition) is 0. The van der Waals surface area contributed by atoms with Gasteiger partial charge in [-0.25, -0.2) is 0 Å². The molecule has 0 saturated heterocycles. The van der Waals surface area contributed by atoms with Gasteiger partial charge in [-0.15, -0.1) is 6.42 Å². The van der Waals surface area contributed by atoms with Gasteiger partial charge < -0.3 is 4.18 Å². The Bertz CT molecular complexity index is 278. The first-order chi connectivity index (χ1) is 4.14. The van der Waals surface area contributed by atoms with Crippen molar-refractivity contribution in [3.8, 4) is 12.3 Å². The number of rotatable bonds is 0. The molecule has 0 atom stereocenters. The van der Waals surface area contributed by atoms with E-state index in [1.807, 2.05) is 0 Å². The fourth-order valence-electron chi connectivity index (χ4n) is 0.466. The monoisotopic (exact) mass is 176 g/mol. The van der Waals surface area contributed by atoms with Crippen molar-refractivity contribution >= 4 is 29.8 Å². The Morgan fingerprint density at radius 3 is 2.67 bits per heavy atom. The zero-order valence-corrected chi connectivity index (χ0v) is 6.94. The highest BCUT2D eigenvalue weighted by atomic mass is 33.1. The van der Waals surface area contributed by atoms with Crippen LogP contribution in [0.4, 0.5) is 0 Å². The summed E-state index contributed by atoms with van der Waals surface area (Å²) in [7, 11) is -1.68. The summed E-state index contributed by atoms with van der Waals surface area (Å²) >= 11 is 9.76. The molecule has 0 aromatic heterocycles. The molecule has 0 spiro atoms. The van der Waals surface area contributed by atoms with Crippen LogP contribution in [-0.4, -0.2) is 5.75 Å². The second kappa shape index (κ2) is 2.25. The van der Waals surface area contributed by atoms with Gasteiger partial charge in [0.05, 0.1) is 18.8 Å². The van der Waals surface area contributed by atoms with Gasteiger partial charge in [0.2, 0.25) is 0 Å². The van der Waals surface area contributed by atoms with Crippen LogP contribution in [0.1, 0.15) is 0 Å². The van der Waals surface area contributed by atoms with Crippen molar-refractivity contribution in [3.63, 3.8) is 0 Å². The Morgan fingerprint density at radius 2 is 2.44 bits per heavy atom. The van der Waals surface area contributed by atoms with E-state index in [1.165, 1.54) is 6.26 Å². The molecule has 48 valence electrons. The fourth-order valence-corrected chi connectivity index (χ4v) is 2.33. The summed E-state index contributed by atoms with van der Waals surface area (Å²) in [5, 5.41) is 0. The van der Waals surface area contributed by atoms with Crippen molar-refractivity contribution < 1.29 is 4.18 Å². The molecule has 0 aromatic rings. The van der Waals surface area contributed by atoms with Gasteiger partial charge in [-0.2, -0.15) is 0 Å². The Hall–Kier alpha value is -0.110. The van der Waals surface area contributed by atoms with Crippen LogP contribution in [0.2, 0.25) is 0 Å². The van der Waals surface area contributed by atoms with E-state index in [0.29, 0.717) is 5.75 Å². The second-order valence-electron chi connectivity index (χ2n) is 1.59. The summed E-state index contributed by atoms with van der Waals surface area (Å²) in [4.78, 5) is 0. The van der Waals surface area contributed by atoms with E-state index in [0.717, 1.165) is 5.57 Å². The smallest absolute Gasteiger partial charge is 0.114 e. The van der Waals surface area contributed by atoms with Gasteiger partial charge in [0, 0.05) is 0 Å². The normalized spacial score (nSPS) is 21.9. The first-order valence-electron chi connectivity index (χ1n) is 2.21. The topological polar surface area (TPSA) is 9.23 Å². The Morgan fingerprint density at radius 1 is 1.78 bits per heavy atom. The third kappa shape index (κ3) is 1.65. The summed E-state index contributed by atoms with van der Waals surface area (Å²) in [5.41, 5.74) is 0.787. The van der Waals surface area contributed by atoms with Crippen LogP contribution in [0.15, 0.2) is 11.8 Å². The summed E-state index contributed by atoms with van der Waals surface area (Å²) in [6.07, 6.45) is 6.57. The quantitative estimate of drug-likeness (QED) is 0.498. The van der Waals surface area contributed by atoms with Gasteiger partial charge in [-0.1, -0.05) is 5.92 Å². The predicted molar refractivity (Wildman–Crippen MR) is 45.0 cm³/mol. The molecule has 0 radical (unpaired) electrons. The minimum Gasteiger partial charge on any atom is -0.428 e. The third-order valence-corrected chi connectivity index (χ3v) is 3.09. The van der Waals surface area contributed by atoms with Crippen molar-refractivity contribution in [2.75, 3.05) is 5.75 Å². The highest BCUT2D eigenvalue weighted by Crippen LogP contribution is 2.12. The largest absolute Gasteiger partial charge is 0.428 e. The molecule has 1 aliphatic heterocycles. The molecular weight excluding hydrogens is 172 g/mol. The van der Waals surface area contributed by atoms with Gasteiger partial charge >= 0.3 is 0 Å². The maximum atomic E-state index is 5.08. The molecule has 1 nitrogen and oxygen atoms in total. The lowest BCUT2D eigenvalue weighted by molar-refractivity contribution is 0.570. The molecule has 0 aromatic carbocycles. The number of terminal acetylenes is 1. The standard InChI is InChI=1S/C5H4OS3/c1-2-5-3-6-9(7,8)4-5/h1,3H,4H2. The van der Waals surface area contributed by atoms with E-state index in [4.69, 9.17) is 33.0 Å². The van der Waals surface area contributed by atoms with Gasteiger partial charge in [-0.05, 0) is 22.4 Å². The first-order valence-corrected chi connectivity index (χ1v) is 5.78. The summed E-state index contributed by atoms with van der Waals surface area (Å²) in [6.45, 7) is 0. The average molecular weight is 176 g/mol. The van der Waals surface area contributed by atoms with Gasteiger partial charge in [0.25, 0.3) is 0 Å². The van der Waals surface area contributed by atoms with Gasteiger partial charge in [0.15, 0.2) is 0 Å². The lowest BCUT2D eigenvalue weighted by atomic mass is 10.4. The van der Waals surface area contributed by atoms with Crippen molar-refractivity contribution in [1.82, 2.24) is 0 Å². The predicted octanol–water partition coefficient (Wildman–Crippen LogP) is 0.526. The molecule has 0 saturated carbocycles. The average Bonchev–Trinajstić information content (AvgIpc) is 2.10. The molecule has 1 rings (SSSR count). The molecule has 0 bridgehead atoms. The maximum absolute atomic E-state index is 5.08. The van der Waals surface area contributed by atoms with Gasteiger partial charge in [-0.3, -0.25) is 0 Å². The molecule has 9 heavy (non-hydrogen) atoms. The zero-order chi connectivity index (χ0) is 6.91. The lowest BCUT2D eigenvalue weighted by Crippen LogP contribution is -1.96. The van der Waals surface area contributed by atoms with Crippen LogP contribution in [0, 0.1) is 12.3 Å². The van der Waals surface area contributed by atoms with Gasteiger partial charge in [0.1, 0.15) is 6.26 Å². The van der Waals surface area contributed by atoms with E-state index in [1.54, 1.807) is 0 Å². The van der Waals surface area contributed by atoms with E-state index in [-0.39, 0.29) is 0 Å². The van der Waals surface area contributed by atoms with Crippen LogP contribution < -0.4 is 0 Å². The fraction of sp³-hybridized carbons (Fsp3) is 0.200. The minimum absolute atomic E-state index is 0.578. The van der Waals surface area contributed by atoms with Crippen LogP contribution in [-0.2, 0) is 34.0 Å². The van der Waals surface area contributed by atoms with Crippen LogP contribution in [0.3, 0.4) is 0 Å². The van der Waals surface area contributed by atoms with E-state index >= 15 is 0 Å². The molecular formula is C5H4OS3. The summed E-state index contributed by atoms with van der Waals surface area (Å²) in [5.74, 6) is 3.02. The van der Waals surface area contributed by atoms with Crippen LogP contribution in [0.25, 0.3) is 0 Å². The molecule has 0 N–H and O–H groups in total. The molecule has 0 aliphatic carbocycles. The van der Waals surface area contributed by atoms with E-state index in [9.17, 15) is 0 Å². The SMILES string of the molecule is C#CC1=COS(=S)(=S)C1. The minimum atomic E-state index is -1.68. The molecule has 1 heterocycles. The van der Waals surface area contributed by atoms with E-state index < -0.39 is 7.43 Å². The zero-order valence-electron chi connectivity index (χ0n) is 4.49. The Labute approximate surface area is 64.1 Å². The molecule has 0 unspecified atom stereocenters. The summed E-state index contributed by atoms with van der Waals surface area (Å²) < 4.78 is 4.95. The van der Waals surface area contributed by atoms with Crippen molar-refractivity contribution in [2.24, 2.45) is 0 Å². The molecule has 4 heteroatoms.